The molecule has 0 aliphatic carbocycles. The smallest absolute Gasteiger partial charge is 0.274 e. The molecule has 2 aromatic rings. The Kier molecular flexibility index (Phi) is 6.21. The largest absolute Gasteiger partial charge is 0.325 e. The van der Waals surface area contributed by atoms with Gasteiger partial charge in [0.2, 0.25) is 15.9 Å². The first-order valence-electron chi connectivity index (χ1n) is 9.00. The van der Waals surface area contributed by atoms with Crippen LogP contribution < -0.4 is 5.32 Å². The maximum absolute atomic E-state index is 12.9. The van der Waals surface area contributed by atoms with Crippen molar-refractivity contribution in [1.82, 2.24) is 4.31 Å². The average Bonchev–Trinajstić information content (AvgIpc) is 2.69. The first-order valence-corrected chi connectivity index (χ1v) is 10.8. The van der Waals surface area contributed by atoms with Crippen molar-refractivity contribution < 1.29 is 18.1 Å². The van der Waals surface area contributed by atoms with Crippen molar-refractivity contribution in [2.24, 2.45) is 5.92 Å². The van der Waals surface area contributed by atoms with Gasteiger partial charge in [-0.1, -0.05) is 17.7 Å². The Morgan fingerprint density at radius 3 is 2.59 bits per heavy atom. The van der Waals surface area contributed by atoms with Crippen LogP contribution in [0.3, 0.4) is 0 Å². The van der Waals surface area contributed by atoms with E-state index in [-0.39, 0.29) is 23.0 Å². The molecule has 0 unspecified atom stereocenters. The standard InChI is InChI=1S/C19H20ClN3O5S/c1-13-17(5-2-6-18(13)23(25)26)21-19(24)14-4-3-11-22(12-14)29(27,28)16-9-7-15(20)8-10-16/h2,5-10,14H,3-4,11-12H2,1H3,(H,21,24)/t14-/m0/s1. The Morgan fingerprint density at radius 1 is 1.24 bits per heavy atom. The van der Waals surface area contributed by atoms with Crippen molar-refractivity contribution in [3.8, 4) is 0 Å². The van der Waals surface area contributed by atoms with Crippen LogP contribution in [0.4, 0.5) is 11.4 Å². The van der Waals surface area contributed by atoms with Gasteiger partial charge in [-0.3, -0.25) is 14.9 Å². The predicted molar refractivity (Wildman–Crippen MR) is 109 cm³/mol. The van der Waals surface area contributed by atoms with Crippen LogP contribution in [-0.4, -0.2) is 36.6 Å². The van der Waals surface area contributed by atoms with Crippen LogP contribution in [0.5, 0.6) is 0 Å². The van der Waals surface area contributed by atoms with E-state index < -0.39 is 20.9 Å². The number of carbonyl (C=O) groups is 1. The number of hydrogen-bond donors (Lipinski definition) is 1. The van der Waals surface area contributed by atoms with E-state index in [0.717, 1.165) is 0 Å². The average molecular weight is 438 g/mol. The number of halogens is 1. The van der Waals surface area contributed by atoms with E-state index in [2.05, 4.69) is 5.32 Å². The molecule has 1 atom stereocenters. The number of nitrogens with zero attached hydrogens (tertiary/aromatic N) is 2. The van der Waals surface area contributed by atoms with Gasteiger partial charge in [0.1, 0.15) is 0 Å². The minimum absolute atomic E-state index is 0.0464. The summed E-state index contributed by atoms with van der Waals surface area (Å²) in [4.78, 5) is 23.4. The highest BCUT2D eigenvalue weighted by molar-refractivity contribution is 7.89. The SMILES string of the molecule is Cc1c(NC(=O)[C@H]2CCCN(S(=O)(=O)c3ccc(Cl)cc3)C2)cccc1[N+](=O)[O-]. The summed E-state index contributed by atoms with van der Waals surface area (Å²) >= 11 is 5.83. The van der Waals surface area contributed by atoms with E-state index in [1.807, 2.05) is 0 Å². The van der Waals surface area contributed by atoms with Gasteiger partial charge in [0.05, 0.1) is 27.0 Å². The zero-order chi connectivity index (χ0) is 21.2. The number of benzene rings is 2. The van der Waals surface area contributed by atoms with Crippen LogP contribution in [0.15, 0.2) is 47.4 Å². The molecule has 3 rings (SSSR count). The van der Waals surface area contributed by atoms with Gasteiger partial charge in [0.15, 0.2) is 0 Å². The van der Waals surface area contributed by atoms with Crippen LogP contribution >= 0.6 is 11.6 Å². The number of nitro groups is 1. The van der Waals surface area contributed by atoms with E-state index in [4.69, 9.17) is 11.6 Å². The number of piperidine rings is 1. The monoisotopic (exact) mass is 437 g/mol. The fourth-order valence-corrected chi connectivity index (χ4v) is 4.97. The van der Waals surface area contributed by atoms with Gasteiger partial charge in [0, 0.05) is 24.2 Å². The molecule has 1 amide bonds. The third kappa shape index (κ3) is 4.58. The van der Waals surface area contributed by atoms with E-state index in [0.29, 0.717) is 35.7 Å². The Morgan fingerprint density at radius 2 is 1.93 bits per heavy atom. The summed E-state index contributed by atoms with van der Waals surface area (Å²) in [6, 6.07) is 10.3. The van der Waals surface area contributed by atoms with Crippen molar-refractivity contribution in [2.75, 3.05) is 18.4 Å². The van der Waals surface area contributed by atoms with E-state index in [1.54, 1.807) is 13.0 Å². The van der Waals surface area contributed by atoms with Gasteiger partial charge in [-0.05, 0) is 50.1 Å². The summed E-state index contributed by atoms with van der Waals surface area (Å²) in [5.74, 6) is -0.908. The quantitative estimate of drug-likeness (QED) is 0.567. The second-order valence-electron chi connectivity index (χ2n) is 6.85. The molecule has 0 spiro atoms. The Hall–Kier alpha value is -2.49. The van der Waals surface area contributed by atoms with Crippen molar-refractivity contribution >= 4 is 38.9 Å². The molecule has 10 heteroatoms. The predicted octanol–water partition coefficient (Wildman–Crippen LogP) is 3.60. The second-order valence-corrected chi connectivity index (χ2v) is 9.23. The van der Waals surface area contributed by atoms with Crippen LogP contribution in [0.1, 0.15) is 18.4 Å². The number of rotatable bonds is 5. The second kappa shape index (κ2) is 8.48. The molecule has 0 saturated carbocycles. The lowest BCUT2D eigenvalue weighted by atomic mass is 9.98. The van der Waals surface area contributed by atoms with Crippen LogP contribution in [0.2, 0.25) is 5.02 Å². The minimum Gasteiger partial charge on any atom is -0.325 e. The highest BCUT2D eigenvalue weighted by Gasteiger charge is 2.33. The molecule has 2 aromatic carbocycles. The number of anilines is 1. The summed E-state index contributed by atoms with van der Waals surface area (Å²) in [6.07, 6.45) is 1.07. The number of sulfonamides is 1. The van der Waals surface area contributed by atoms with Crippen molar-refractivity contribution in [2.45, 2.75) is 24.7 Å². The van der Waals surface area contributed by atoms with Crippen LogP contribution in [0.25, 0.3) is 0 Å². The Bertz CT molecular complexity index is 1040. The van der Waals surface area contributed by atoms with Gasteiger partial charge < -0.3 is 5.32 Å². The van der Waals surface area contributed by atoms with Gasteiger partial charge >= 0.3 is 0 Å². The fraction of sp³-hybridized carbons (Fsp3) is 0.316. The van der Waals surface area contributed by atoms with Crippen molar-refractivity contribution in [1.29, 1.82) is 0 Å². The highest BCUT2D eigenvalue weighted by Crippen LogP contribution is 2.28. The Balaban J connectivity index is 1.75. The lowest BCUT2D eigenvalue weighted by Crippen LogP contribution is -2.43. The third-order valence-corrected chi connectivity index (χ3v) is 7.10. The molecule has 1 aliphatic rings. The maximum atomic E-state index is 12.9. The summed E-state index contributed by atoms with van der Waals surface area (Å²) < 4.78 is 27.0. The van der Waals surface area contributed by atoms with Crippen LogP contribution in [-0.2, 0) is 14.8 Å². The zero-order valence-corrected chi connectivity index (χ0v) is 17.2. The van der Waals surface area contributed by atoms with Gasteiger partial charge in [-0.15, -0.1) is 0 Å². The Labute approximate surface area is 173 Å². The van der Waals surface area contributed by atoms with Gasteiger partial charge in [-0.25, -0.2) is 8.42 Å². The lowest BCUT2D eigenvalue weighted by Gasteiger charge is -2.31. The normalized spacial score (nSPS) is 17.7. The molecular weight excluding hydrogens is 418 g/mol. The zero-order valence-electron chi connectivity index (χ0n) is 15.7. The number of hydrogen-bond acceptors (Lipinski definition) is 5. The molecule has 1 aliphatic heterocycles. The fourth-order valence-electron chi connectivity index (χ4n) is 3.32. The number of carbonyl (C=O) groups excluding carboxylic acids is 1. The third-order valence-electron chi connectivity index (χ3n) is 4.97. The molecule has 154 valence electrons. The summed E-state index contributed by atoms with van der Waals surface area (Å²) in [5, 5.41) is 14.2. The van der Waals surface area contributed by atoms with Gasteiger partial charge in [0.25, 0.3) is 5.69 Å². The molecule has 1 N–H and O–H groups in total. The first-order chi connectivity index (χ1) is 13.7. The summed E-state index contributed by atoms with van der Waals surface area (Å²) in [6.45, 7) is 1.93. The van der Waals surface area contributed by atoms with Crippen molar-refractivity contribution in [3.63, 3.8) is 0 Å². The molecule has 0 radical (unpaired) electrons. The molecule has 0 bridgehead atoms. The summed E-state index contributed by atoms with van der Waals surface area (Å²) in [5.41, 5.74) is 0.618. The molecule has 8 nitrogen and oxygen atoms in total. The molecule has 1 heterocycles. The molecular formula is C19H20ClN3O5S. The number of amides is 1. The molecule has 29 heavy (non-hydrogen) atoms. The lowest BCUT2D eigenvalue weighted by molar-refractivity contribution is -0.385. The van der Waals surface area contributed by atoms with Crippen LogP contribution in [0, 0.1) is 23.0 Å². The number of nitro benzene ring substituents is 1. The van der Waals surface area contributed by atoms with Gasteiger partial charge in [-0.2, -0.15) is 4.31 Å². The molecule has 1 fully saturated rings. The van der Waals surface area contributed by atoms with E-state index in [9.17, 15) is 23.3 Å². The maximum Gasteiger partial charge on any atom is 0.274 e. The molecule has 0 aromatic heterocycles. The van der Waals surface area contributed by atoms with Crippen molar-refractivity contribution in [3.05, 3.63) is 63.2 Å². The topological polar surface area (TPSA) is 110 Å². The van der Waals surface area contributed by atoms with E-state index >= 15 is 0 Å². The first kappa shape index (κ1) is 21.2. The van der Waals surface area contributed by atoms with E-state index in [1.165, 1.54) is 40.7 Å². The summed E-state index contributed by atoms with van der Waals surface area (Å²) in [7, 11) is -3.74. The molecule has 1 saturated heterocycles. The number of nitrogens with one attached hydrogen (secondary N) is 1. The highest BCUT2D eigenvalue weighted by atomic mass is 35.5. The minimum atomic E-state index is -3.74.